The Morgan fingerprint density at radius 2 is 1.42 bits per heavy atom. The van der Waals surface area contributed by atoms with E-state index >= 15 is 0 Å². The highest BCUT2D eigenvalue weighted by Gasteiger charge is 2.65. The summed E-state index contributed by atoms with van der Waals surface area (Å²) in [7, 11) is 0. The lowest BCUT2D eigenvalue weighted by atomic mass is 9.89. The number of nitrogens with zero attached hydrogens (tertiary/aromatic N) is 3. The van der Waals surface area contributed by atoms with Crippen LogP contribution < -0.4 is 0 Å². The van der Waals surface area contributed by atoms with Crippen LogP contribution in [0.15, 0.2) is 72.8 Å². The Hall–Kier alpha value is -4.88. The summed E-state index contributed by atoms with van der Waals surface area (Å²) >= 11 is 0. The largest absolute Gasteiger partial charge is 0.404 e. The second kappa shape index (κ2) is 11.1. The number of ether oxygens (including phenoxy) is 4. The molecule has 0 amide bonds. The van der Waals surface area contributed by atoms with Gasteiger partial charge in [-0.05, 0) is 49.0 Å². The molecule has 222 valence electrons. The average Bonchev–Trinajstić information content (AvgIpc) is 3.22. The van der Waals surface area contributed by atoms with Crippen LogP contribution >= 0.6 is 0 Å². The second-order valence-corrected chi connectivity index (χ2v) is 10.7. The number of rotatable bonds is 5. The minimum Gasteiger partial charge on any atom is -0.404 e. The van der Waals surface area contributed by atoms with Crippen LogP contribution in [-0.4, -0.2) is 64.1 Å². The van der Waals surface area contributed by atoms with Crippen molar-refractivity contribution in [2.75, 3.05) is 19.6 Å². The van der Waals surface area contributed by atoms with Crippen LogP contribution in [0.4, 0.5) is 5.69 Å². The van der Waals surface area contributed by atoms with Crippen LogP contribution in [0, 0.1) is 16.0 Å². The van der Waals surface area contributed by atoms with Gasteiger partial charge in [0.2, 0.25) is 0 Å². The number of hydrogen-bond donors (Lipinski definition) is 0. The quantitative estimate of drug-likeness (QED) is 0.286. The minimum absolute atomic E-state index is 0.0253. The minimum atomic E-state index is -2.21. The number of carbonyl (C=O) groups excluding carboxylic acids is 4. The van der Waals surface area contributed by atoms with E-state index in [2.05, 4.69) is 4.90 Å². The first kappa shape index (κ1) is 28.2. The molecule has 6 rings (SSSR count). The molecule has 0 aromatic heterocycles. The van der Waals surface area contributed by atoms with Crippen molar-refractivity contribution in [3.05, 3.63) is 99.6 Å². The highest BCUT2D eigenvalue weighted by molar-refractivity contribution is 5.94. The number of nitro groups is 1. The smallest absolute Gasteiger partial charge is 0.355 e. The third-order valence-electron chi connectivity index (χ3n) is 7.92. The van der Waals surface area contributed by atoms with Gasteiger partial charge >= 0.3 is 35.7 Å². The Balaban J connectivity index is 1.32. The summed E-state index contributed by atoms with van der Waals surface area (Å²) in [6, 6.07) is 13.2. The predicted molar refractivity (Wildman–Crippen MR) is 145 cm³/mol. The number of carbonyl (C=O) groups is 4. The molecule has 13 heteroatoms. The average molecular weight is 590 g/mol. The number of piperidine rings is 1. The Bertz CT molecular complexity index is 1520. The molecule has 2 aromatic rings. The Kier molecular flexibility index (Phi) is 7.28. The second-order valence-electron chi connectivity index (χ2n) is 10.7. The van der Waals surface area contributed by atoms with E-state index in [1.54, 1.807) is 36.4 Å². The third kappa shape index (κ3) is 5.51. The number of likely N-dealkylation sites (tertiary alicyclic amines) is 1. The van der Waals surface area contributed by atoms with Gasteiger partial charge in [-0.1, -0.05) is 30.3 Å². The Morgan fingerprint density at radius 1 is 0.814 bits per heavy atom. The van der Waals surface area contributed by atoms with Crippen molar-refractivity contribution in [2.24, 2.45) is 5.92 Å². The molecule has 1 fully saturated rings. The highest BCUT2D eigenvalue weighted by Crippen LogP contribution is 2.48. The number of nitro benzene ring substituents is 1. The van der Waals surface area contributed by atoms with Gasteiger partial charge in [0.15, 0.2) is 0 Å². The summed E-state index contributed by atoms with van der Waals surface area (Å²) in [5.41, 5.74) is 1.65. The van der Waals surface area contributed by atoms with Gasteiger partial charge < -0.3 is 18.9 Å². The molecule has 4 heterocycles. The first-order valence-corrected chi connectivity index (χ1v) is 13.8. The molecule has 4 aliphatic rings. The molecule has 43 heavy (non-hydrogen) atoms. The normalized spacial score (nSPS) is 21.8. The van der Waals surface area contributed by atoms with E-state index in [0.717, 1.165) is 29.9 Å². The first-order valence-electron chi connectivity index (χ1n) is 13.8. The highest BCUT2D eigenvalue weighted by atomic mass is 16.8. The van der Waals surface area contributed by atoms with Gasteiger partial charge in [-0.3, -0.25) is 15.0 Å². The molecule has 0 radical (unpaired) electrons. The van der Waals surface area contributed by atoms with E-state index < -0.39 is 40.6 Å². The molecule has 13 nitrogen and oxygen atoms in total. The summed E-state index contributed by atoms with van der Waals surface area (Å²) in [6.07, 6.45) is 4.91. The topological polar surface area (TPSA) is 155 Å². The fraction of sp³-hybridized carbons (Fsp3) is 0.333. The van der Waals surface area contributed by atoms with Gasteiger partial charge in [0.1, 0.15) is 0 Å². The summed E-state index contributed by atoms with van der Waals surface area (Å²) in [5.74, 6) is -7.89. The van der Waals surface area contributed by atoms with Gasteiger partial charge in [0, 0.05) is 49.5 Å². The lowest BCUT2D eigenvalue weighted by Crippen LogP contribution is -2.69. The Morgan fingerprint density at radius 3 is 2.05 bits per heavy atom. The maximum absolute atomic E-state index is 12.9. The molecular weight excluding hydrogens is 562 g/mol. The van der Waals surface area contributed by atoms with Gasteiger partial charge in [0.25, 0.3) is 5.69 Å². The number of non-ortho nitro benzene ring substituents is 1. The van der Waals surface area contributed by atoms with Gasteiger partial charge in [-0.15, -0.1) is 0 Å². The molecule has 0 N–H and O–H groups in total. The van der Waals surface area contributed by atoms with Crippen LogP contribution in [0.1, 0.15) is 29.5 Å². The maximum atomic E-state index is 12.9. The summed E-state index contributed by atoms with van der Waals surface area (Å²) in [4.78, 5) is 65.5. The fourth-order valence-corrected chi connectivity index (χ4v) is 6.00. The third-order valence-corrected chi connectivity index (χ3v) is 7.92. The van der Waals surface area contributed by atoms with Crippen molar-refractivity contribution in [1.29, 1.82) is 0 Å². The summed E-state index contributed by atoms with van der Waals surface area (Å²) < 4.78 is 23.3. The molecule has 0 bridgehead atoms. The zero-order valence-corrected chi connectivity index (χ0v) is 22.9. The van der Waals surface area contributed by atoms with Crippen molar-refractivity contribution in [2.45, 2.75) is 37.6 Å². The summed E-state index contributed by atoms with van der Waals surface area (Å²) in [6.45, 7) is 1.82. The van der Waals surface area contributed by atoms with Crippen LogP contribution in [0.3, 0.4) is 0 Å². The Labute approximate surface area is 245 Å². The monoisotopic (exact) mass is 589 g/mol. The lowest BCUT2D eigenvalue weighted by Gasteiger charge is -2.53. The molecule has 0 unspecified atom stereocenters. The van der Waals surface area contributed by atoms with Crippen molar-refractivity contribution in [1.82, 2.24) is 9.80 Å². The van der Waals surface area contributed by atoms with E-state index in [-0.39, 0.29) is 24.6 Å². The zero-order chi connectivity index (χ0) is 30.2. The van der Waals surface area contributed by atoms with Gasteiger partial charge in [-0.25, -0.2) is 19.2 Å². The standard InChI is InChI=1S/C30H27N3O10/c34-25-8-9-26(35)41-29(40-25)17-22-5-1-2-7-24(22)30(42-27(36)10-11-28(37)43-30)32(29)19-20-12-14-31(15-13-20)18-21-4-3-6-23(16-21)33(38)39/h1-11,16,20H,12-15,17-19H2. The number of esters is 4. The van der Waals surface area contributed by atoms with E-state index in [4.69, 9.17) is 18.9 Å². The van der Waals surface area contributed by atoms with E-state index in [1.807, 2.05) is 6.07 Å². The molecule has 4 aliphatic heterocycles. The van der Waals surface area contributed by atoms with Crippen LogP contribution in [-0.2, 0) is 57.0 Å². The molecule has 1 saturated heterocycles. The van der Waals surface area contributed by atoms with Crippen LogP contribution in [0.25, 0.3) is 0 Å². The zero-order valence-electron chi connectivity index (χ0n) is 22.9. The first-order chi connectivity index (χ1) is 20.7. The number of fused-ring (bicyclic) bond motifs is 2. The van der Waals surface area contributed by atoms with Gasteiger partial charge in [-0.2, -0.15) is 4.90 Å². The predicted octanol–water partition coefficient (Wildman–Crippen LogP) is 2.44. The maximum Gasteiger partial charge on any atom is 0.355 e. The molecule has 2 aromatic carbocycles. The van der Waals surface area contributed by atoms with Crippen LogP contribution in [0.2, 0.25) is 0 Å². The molecule has 0 aliphatic carbocycles. The van der Waals surface area contributed by atoms with E-state index in [1.165, 1.54) is 11.0 Å². The van der Waals surface area contributed by atoms with Crippen LogP contribution in [0.5, 0.6) is 0 Å². The molecular formula is C30H27N3O10. The van der Waals surface area contributed by atoms with Crippen molar-refractivity contribution in [3.63, 3.8) is 0 Å². The van der Waals surface area contributed by atoms with E-state index in [0.29, 0.717) is 43.6 Å². The molecule has 2 spiro atoms. The fourth-order valence-electron chi connectivity index (χ4n) is 6.00. The van der Waals surface area contributed by atoms with E-state index in [9.17, 15) is 29.3 Å². The molecule has 0 atom stereocenters. The summed E-state index contributed by atoms with van der Waals surface area (Å²) in [5, 5.41) is 11.2. The lowest BCUT2D eigenvalue weighted by molar-refractivity contribution is -0.398. The number of benzene rings is 2. The van der Waals surface area contributed by atoms with Crippen molar-refractivity contribution < 1.29 is 43.0 Å². The molecule has 0 saturated carbocycles. The van der Waals surface area contributed by atoms with Crippen molar-refractivity contribution in [3.8, 4) is 0 Å². The van der Waals surface area contributed by atoms with Crippen molar-refractivity contribution >= 4 is 29.6 Å². The number of hydrogen-bond acceptors (Lipinski definition) is 12. The van der Waals surface area contributed by atoms with Gasteiger partial charge in [0.05, 0.1) is 16.9 Å². The SMILES string of the molecule is O=C1C=CC(=O)OC2(Cc3ccccc3C3(OC(=O)C=CC(=O)O3)N2CC2CCN(Cc3cccc([N+](=O)[O-])c3)CC2)O1.